The number of carbonyl (C=O) groups is 1. The Hall–Kier alpha value is -3.01. The normalized spacial score (nSPS) is 19.6. The lowest BCUT2D eigenvalue weighted by molar-refractivity contribution is -0.118. The predicted octanol–water partition coefficient (Wildman–Crippen LogP) is 3.05. The average Bonchev–Trinajstić information content (AvgIpc) is 2.77. The number of benzene rings is 2. The molecule has 1 aliphatic rings. The second-order valence-corrected chi connectivity index (χ2v) is 9.71. The van der Waals surface area contributed by atoms with Gasteiger partial charge in [-0.2, -0.15) is 4.31 Å². The summed E-state index contributed by atoms with van der Waals surface area (Å²) in [5, 5.41) is 3.64. The van der Waals surface area contributed by atoms with Crippen molar-refractivity contribution >= 4 is 32.5 Å². The van der Waals surface area contributed by atoms with Crippen LogP contribution in [0.15, 0.2) is 65.7 Å². The molecule has 1 amide bonds. The van der Waals surface area contributed by atoms with Gasteiger partial charge in [-0.1, -0.05) is 18.2 Å². The van der Waals surface area contributed by atoms with E-state index in [1.807, 2.05) is 38.1 Å². The predicted molar refractivity (Wildman–Crippen MR) is 121 cm³/mol. The summed E-state index contributed by atoms with van der Waals surface area (Å²) in [7, 11) is -3.63. The van der Waals surface area contributed by atoms with E-state index < -0.39 is 10.0 Å². The maximum Gasteiger partial charge on any atom is 0.262 e. The van der Waals surface area contributed by atoms with Gasteiger partial charge in [0.05, 0.1) is 17.1 Å². The van der Waals surface area contributed by atoms with E-state index in [-0.39, 0.29) is 29.6 Å². The number of carbonyl (C=O) groups excluding carboxylic acids is 1. The number of pyridine rings is 1. The van der Waals surface area contributed by atoms with Crippen LogP contribution in [0, 0.1) is 0 Å². The lowest BCUT2D eigenvalue weighted by Gasteiger charge is -2.34. The van der Waals surface area contributed by atoms with Gasteiger partial charge in [-0.3, -0.25) is 9.78 Å². The van der Waals surface area contributed by atoms with Crippen LogP contribution in [0.4, 0.5) is 5.69 Å². The first-order valence-corrected chi connectivity index (χ1v) is 11.8. The summed E-state index contributed by atoms with van der Waals surface area (Å²) in [6.45, 7) is 4.14. The summed E-state index contributed by atoms with van der Waals surface area (Å²) in [4.78, 5) is 16.8. The second-order valence-electron chi connectivity index (χ2n) is 7.77. The maximum absolute atomic E-state index is 12.9. The minimum Gasteiger partial charge on any atom is -0.481 e. The fraction of sp³-hybridized carbons (Fsp3) is 0.304. The topological polar surface area (TPSA) is 97.8 Å². The zero-order valence-electron chi connectivity index (χ0n) is 17.9. The molecule has 0 unspecified atom stereocenters. The Kier molecular flexibility index (Phi) is 6.40. The van der Waals surface area contributed by atoms with Gasteiger partial charge in [0.15, 0.2) is 6.61 Å². The summed E-state index contributed by atoms with van der Waals surface area (Å²) in [5.41, 5.74) is 1.17. The van der Waals surface area contributed by atoms with Crippen LogP contribution < -0.4 is 10.1 Å². The van der Waals surface area contributed by atoms with E-state index in [1.54, 1.807) is 24.4 Å². The highest BCUT2D eigenvalue weighted by Crippen LogP contribution is 2.24. The van der Waals surface area contributed by atoms with Gasteiger partial charge in [-0.15, -0.1) is 0 Å². The third kappa shape index (κ3) is 4.90. The number of ether oxygens (including phenoxy) is 2. The van der Waals surface area contributed by atoms with Crippen molar-refractivity contribution in [2.75, 3.05) is 25.0 Å². The Morgan fingerprint density at radius 2 is 1.78 bits per heavy atom. The zero-order chi connectivity index (χ0) is 22.7. The molecule has 168 valence electrons. The smallest absolute Gasteiger partial charge is 0.262 e. The summed E-state index contributed by atoms with van der Waals surface area (Å²) in [6, 6.07) is 15.4. The lowest BCUT2D eigenvalue weighted by atomic mass is 10.2. The molecule has 1 aliphatic heterocycles. The molecule has 3 aromatic rings. The van der Waals surface area contributed by atoms with Crippen molar-refractivity contribution in [3.63, 3.8) is 0 Å². The Morgan fingerprint density at radius 1 is 1.09 bits per heavy atom. The van der Waals surface area contributed by atoms with Crippen LogP contribution in [0.1, 0.15) is 13.8 Å². The van der Waals surface area contributed by atoms with Gasteiger partial charge in [0, 0.05) is 30.4 Å². The number of hydrogen-bond donors (Lipinski definition) is 1. The van der Waals surface area contributed by atoms with Crippen LogP contribution in [0.3, 0.4) is 0 Å². The number of amides is 1. The molecule has 2 atom stereocenters. The third-order valence-electron chi connectivity index (χ3n) is 5.12. The number of aromatic nitrogens is 1. The molecule has 0 radical (unpaired) electrons. The number of fused-ring (bicyclic) bond motifs is 1. The molecule has 2 heterocycles. The van der Waals surface area contributed by atoms with Crippen LogP contribution >= 0.6 is 0 Å². The van der Waals surface area contributed by atoms with Gasteiger partial charge in [0.2, 0.25) is 10.0 Å². The molecule has 1 fully saturated rings. The highest BCUT2D eigenvalue weighted by Gasteiger charge is 2.32. The molecule has 9 heteroatoms. The monoisotopic (exact) mass is 455 g/mol. The fourth-order valence-corrected chi connectivity index (χ4v) is 5.31. The first kappa shape index (κ1) is 22.2. The third-order valence-corrected chi connectivity index (χ3v) is 6.96. The fourth-order valence-electron chi connectivity index (χ4n) is 3.72. The second kappa shape index (κ2) is 9.23. The van der Waals surface area contributed by atoms with E-state index in [2.05, 4.69) is 10.3 Å². The zero-order valence-corrected chi connectivity index (χ0v) is 18.7. The molecule has 0 saturated carbocycles. The van der Waals surface area contributed by atoms with E-state index in [1.165, 1.54) is 16.4 Å². The number of sulfonamides is 1. The molecular weight excluding hydrogens is 430 g/mol. The number of para-hydroxylation sites is 1. The lowest BCUT2D eigenvalue weighted by Crippen LogP contribution is -2.48. The summed E-state index contributed by atoms with van der Waals surface area (Å²) < 4.78 is 38.6. The van der Waals surface area contributed by atoms with Crippen molar-refractivity contribution in [2.24, 2.45) is 0 Å². The standard InChI is InChI=1S/C23H25N3O5S/c1-16-13-26(14-17(2)31-16)32(28,29)20-10-8-19(9-11-20)25-22(27)15-30-21-7-3-5-18-6-4-12-24-23(18)21/h3-12,16-17H,13-15H2,1-2H3,(H,25,27)/t16-,17+. The Morgan fingerprint density at radius 3 is 2.50 bits per heavy atom. The number of morpholine rings is 1. The first-order chi connectivity index (χ1) is 15.3. The molecule has 0 spiro atoms. The first-order valence-electron chi connectivity index (χ1n) is 10.3. The highest BCUT2D eigenvalue weighted by molar-refractivity contribution is 7.89. The molecule has 4 rings (SSSR count). The van der Waals surface area contributed by atoms with Crippen LogP contribution in [0.5, 0.6) is 5.75 Å². The molecule has 1 saturated heterocycles. The quantitative estimate of drug-likeness (QED) is 0.614. The molecule has 1 aromatic heterocycles. The Bertz CT molecular complexity index is 1200. The largest absolute Gasteiger partial charge is 0.481 e. The maximum atomic E-state index is 12.9. The van der Waals surface area contributed by atoms with Gasteiger partial charge in [0.1, 0.15) is 11.3 Å². The van der Waals surface area contributed by atoms with Crippen molar-refractivity contribution < 1.29 is 22.7 Å². The van der Waals surface area contributed by atoms with E-state index in [0.717, 1.165) is 5.39 Å². The van der Waals surface area contributed by atoms with Gasteiger partial charge in [-0.25, -0.2) is 8.42 Å². The number of rotatable bonds is 6. The summed E-state index contributed by atoms with van der Waals surface area (Å²) in [6.07, 6.45) is 1.34. The van der Waals surface area contributed by atoms with Crippen LogP contribution in [0.2, 0.25) is 0 Å². The molecule has 0 aliphatic carbocycles. The summed E-state index contributed by atoms with van der Waals surface area (Å²) >= 11 is 0. The van der Waals surface area contributed by atoms with Crippen molar-refractivity contribution in [2.45, 2.75) is 31.0 Å². The van der Waals surface area contributed by atoms with Crippen molar-refractivity contribution in [3.8, 4) is 5.75 Å². The van der Waals surface area contributed by atoms with Gasteiger partial charge < -0.3 is 14.8 Å². The molecular formula is C23H25N3O5S. The van der Waals surface area contributed by atoms with Crippen LogP contribution in [0.25, 0.3) is 10.9 Å². The van der Waals surface area contributed by atoms with Crippen LogP contribution in [-0.4, -0.2) is 55.5 Å². The van der Waals surface area contributed by atoms with Gasteiger partial charge >= 0.3 is 0 Å². The number of hydrogen-bond acceptors (Lipinski definition) is 6. The number of anilines is 1. The van der Waals surface area contributed by atoms with Crippen molar-refractivity contribution in [3.05, 3.63) is 60.8 Å². The minimum atomic E-state index is -3.63. The highest BCUT2D eigenvalue weighted by atomic mass is 32.2. The Balaban J connectivity index is 1.38. The van der Waals surface area contributed by atoms with Crippen molar-refractivity contribution in [1.29, 1.82) is 0 Å². The molecule has 0 bridgehead atoms. The van der Waals surface area contributed by atoms with Gasteiger partial charge in [0.25, 0.3) is 5.91 Å². The van der Waals surface area contributed by atoms with E-state index >= 15 is 0 Å². The minimum absolute atomic E-state index is 0.163. The van der Waals surface area contributed by atoms with Crippen molar-refractivity contribution in [1.82, 2.24) is 9.29 Å². The number of nitrogens with one attached hydrogen (secondary N) is 1. The molecule has 1 N–H and O–H groups in total. The average molecular weight is 456 g/mol. The Labute approximate surface area is 187 Å². The van der Waals surface area contributed by atoms with Crippen LogP contribution in [-0.2, 0) is 19.6 Å². The van der Waals surface area contributed by atoms with E-state index in [4.69, 9.17) is 9.47 Å². The van der Waals surface area contributed by atoms with E-state index in [9.17, 15) is 13.2 Å². The molecule has 2 aromatic carbocycles. The SMILES string of the molecule is C[C@@H]1CN(S(=O)(=O)c2ccc(NC(=O)COc3cccc4cccnc34)cc2)C[C@H](C)O1. The summed E-state index contributed by atoms with van der Waals surface area (Å²) in [5.74, 6) is 0.165. The molecule has 8 nitrogen and oxygen atoms in total. The van der Waals surface area contributed by atoms with E-state index in [0.29, 0.717) is 30.0 Å². The number of nitrogens with zero attached hydrogens (tertiary/aromatic N) is 2. The molecule has 32 heavy (non-hydrogen) atoms. The van der Waals surface area contributed by atoms with Gasteiger partial charge in [-0.05, 0) is 50.2 Å².